The number of para-hydroxylation sites is 1. The summed E-state index contributed by atoms with van der Waals surface area (Å²) >= 11 is 0. The molecular formula is C14H19FN2O2. The van der Waals surface area contributed by atoms with E-state index in [4.69, 9.17) is 4.74 Å². The maximum absolute atomic E-state index is 13.5. The van der Waals surface area contributed by atoms with Crippen LogP contribution in [0.4, 0.5) is 10.1 Å². The molecule has 4 nitrogen and oxygen atoms in total. The molecule has 0 unspecified atom stereocenters. The number of nitrogens with one attached hydrogen (secondary N) is 2. The first-order chi connectivity index (χ1) is 9.15. The predicted molar refractivity (Wildman–Crippen MR) is 71.8 cm³/mol. The van der Waals surface area contributed by atoms with Crippen molar-refractivity contribution >= 4 is 11.6 Å². The molecule has 0 saturated heterocycles. The lowest BCUT2D eigenvalue weighted by Gasteiger charge is -2.35. The summed E-state index contributed by atoms with van der Waals surface area (Å²) in [6, 6.07) is 4.60. The van der Waals surface area contributed by atoms with E-state index in [2.05, 4.69) is 10.6 Å². The van der Waals surface area contributed by atoms with Gasteiger partial charge in [0, 0.05) is 19.7 Å². The van der Waals surface area contributed by atoms with E-state index in [1.54, 1.807) is 13.1 Å². The zero-order valence-corrected chi connectivity index (χ0v) is 11.2. The highest BCUT2D eigenvalue weighted by Crippen LogP contribution is 2.25. The van der Waals surface area contributed by atoms with Crippen LogP contribution in [0.3, 0.4) is 0 Å². The molecule has 1 fully saturated rings. The average Bonchev–Trinajstić information content (AvgIpc) is 2.35. The fraction of sp³-hybridized carbons (Fsp3) is 0.500. The van der Waals surface area contributed by atoms with E-state index in [0.717, 1.165) is 12.8 Å². The van der Waals surface area contributed by atoms with Crippen LogP contribution in [0.5, 0.6) is 0 Å². The minimum Gasteiger partial charge on any atom is -0.385 e. The minimum absolute atomic E-state index is 0.122. The first-order valence-electron chi connectivity index (χ1n) is 6.54. The molecule has 1 amide bonds. The molecule has 2 N–H and O–H groups in total. The van der Waals surface area contributed by atoms with Gasteiger partial charge in [-0.15, -0.1) is 0 Å². The van der Waals surface area contributed by atoms with Gasteiger partial charge in [0.1, 0.15) is 5.82 Å². The van der Waals surface area contributed by atoms with Crippen LogP contribution < -0.4 is 10.6 Å². The number of carbonyl (C=O) groups excluding carboxylic acids is 1. The maximum atomic E-state index is 13.5. The molecule has 0 radical (unpaired) electrons. The Morgan fingerprint density at radius 2 is 2.21 bits per heavy atom. The number of carbonyl (C=O) groups is 1. The van der Waals surface area contributed by atoms with Gasteiger partial charge in [-0.3, -0.25) is 4.79 Å². The van der Waals surface area contributed by atoms with E-state index >= 15 is 0 Å². The SMILES string of the molecule is CCOC1CC(NC(=O)c2cccc(F)c2NC)C1. The fourth-order valence-corrected chi connectivity index (χ4v) is 2.29. The Morgan fingerprint density at radius 3 is 2.84 bits per heavy atom. The molecule has 0 aliphatic heterocycles. The first kappa shape index (κ1) is 13.8. The summed E-state index contributed by atoms with van der Waals surface area (Å²) < 4.78 is 19.0. The monoisotopic (exact) mass is 266 g/mol. The van der Waals surface area contributed by atoms with Gasteiger partial charge in [-0.1, -0.05) is 6.07 Å². The number of ether oxygens (including phenoxy) is 1. The molecule has 0 bridgehead atoms. The Hall–Kier alpha value is -1.62. The Bertz CT molecular complexity index is 459. The fourth-order valence-electron chi connectivity index (χ4n) is 2.29. The molecule has 19 heavy (non-hydrogen) atoms. The Balaban J connectivity index is 1.96. The van der Waals surface area contributed by atoms with E-state index in [0.29, 0.717) is 12.2 Å². The molecule has 2 rings (SSSR count). The van der Waals surface area contributed by atoms with E-state index in [9.17, 15) is 9.18 Å². The van der Waals surface area contributed by atoms with Gasteiger partial charge in [-0.25, -0.2) is 4.39 Å². The van der Waals surface area contributed by atoms with Gasteiger partial charge in [0.15, 0.2) is 0 Å². The molecule has 1 aromatic carbocycles. The van der Waals surface area contributed by atoms with Gasteiger partial charge < -0.3 is 15.4 Å². The maximum Gasteiger partial charge on any atom is 0.253 e. The van der Waals surface area contributed by atoms with E-state index in [1.807, 2.05) is 6.92 Å². The highest BCUT2D eigenvalue weighted by atomic mass is 19.1. The summed E-state index contributed by atoms with van der Waals surface area (Å²) in [5.74, 6) is -0.667. The third kappa shape index (κ3) is 3.04. The first-order valence-corrected chi connectivity index (χ1v) is 6.54. The molecule has 0 aromatic heterocycles. The van der Waals surface area contributed by atoms with E-state index < -0.39 is 5.82 Å². The van der Waals surface area contributed by atoms with Crippen molar-refractivity contribution in [2.24, 2.45) is 0 Å². The molecule has 0 spiro atoms. The quantitative estimate of drug-likeness (QED) is 0.858. The Morgan fingerprint density at radius 1 is 1.47 bits per heavy atom. The van der Waals surface area contributed by atoms with Crippen LogP contribution in [0.15, 0.2) is 18.2 Å². The molecule has 1 saturated carbocycles. The number of amides is 1. The number of hydrogen-bond donors (Lipinski definition) is 2. The zero-order chi connectivity index (χ0) is 13.8. The highest BCUT2D eigenvalue weighted by Gasteiger charge is 2.31. The summed E-state index contributed by atoms with van der Waals surface area (Å²) in [6.07, 6.45) is 1.89. The lowest BCUT2D eigenvalue weighted by atomic mass is 9.89. The molecule has 0 heterocycles. The molecule has 5 heteroatoms. The van der Waals surface area contributed by atoms with Gasteiger partial charge in [-0.2, -0.15) is 0 Å². The smallest absolute Gasteiger partial charge is 0.253 e. The van der Waals surface area contributed by atoms with Gasteiger partial charge >= 0.3 is 0 Å². The number of hydrogen-bond acceptors (Lipinski definition) is 3. The van der Waals surface area contributed by atoms with Crippen LogP contribution in [0.25, 0.3) is 0 Å². The molecule has 1 aromatic rings. The summed E-state index contributed by atoms with van der Waals surface area (Å²) in [4.78, 5) is 12.1. The Labute approximate surface area is 112 Å². The summed E-state index contributed by atoms with van der Waals surface area (Å²) in [7, 11) is 1.60. The summed E-state index contributed by atoms with van der Waals surface area (Å²) in [5.41, 5.74) is 0.572. The van der Waals surface area contributed by atoms with Crippen LogP contribution in [-0.4, -0.2) is 31.7 Å². The minimum atomic E-state index is -0.420. The summed E-state index contributed by atoms with van der Waals surface area (Å²) in [6.45, 7) is 2.65. The van der Waals surface area contributed by atoms with Crippen molar-refractivity contribution < 1.29 is 13.9 Å². The topological polar surface area (TPSA) is 50.4 Å². The van der Waals surface area contributed by atoms with Crippen LogP contribution in [0.1, 0.15) is 30.1 Å². The lowest BCUT2D eigenvalue weighted by Crippen LogP contribution is -2.47. The van der Waals surface area contributed by atoms with Crippen molar-refractivity contribution in [3.8, 4) is 0 Å². The van der Waals surface area contributed by atoms with Gasteiger partial charge in [-0.05, 0) is 31.9 Å². The van der Waals surface area contributed by atoms with Gasteiger partial charge in [0.2, 0.25) is 0 Å². The van der Waals surface area contributed by atoms with Gasteiger partial charge in [0.05, 0.1) is 17.4 Å². The summed E-state index contributed by atoms with van der Waals surface area (Å²) in [5, 5.41) is 5.62. The zero-order valence-electron chi connectivity index (χ0n) is 11.2. The normalized spacial score (nSPS) is 21.6. The number of halogens is 1. The number of anilines is 1. The molecule has 0 atom stereocenters. The Kier molecular flexibility index (Phi) is 4.37. The molecule has 1 aliphatic carbocycles. The van der Waals surface area contributed by atoms with Crippen LogP contribution in [0, 0.1) is 5.82 Å². The average molecular weight is 266 g/mol. The van der Waals surface area contributed by atoms with E-state index in [-0.39, 0.29) is 23.7 Å². The number of benzene rings is 1. The predicted octanol–water partition coefficient (Wildman–Crippen LogP) is 2.16. The standard InChI is InChI=1S/C14H19FN2O2/c1-3-19-10-7-9(8-10)17-14(18)11-5-4-6-12(15)13(11)16-2/h4-6,9-10,16H,3,7-8H2,1-2H3,(H,17,18). The van der Waals surface area contributed by atoms with Crippen LogP contribution >= 0.6 is 0 Å². The second-order valence-corrected chi connectivity index (χ2v) is 4.63. The van der Waals surface area contributed by atoms with Crippen molar-refractivity contribution in [2.45, 2.75) is 31.9 Å². The molecule has 104 valence electrons. The molecular weight excluding hydrogens is 247 g/mol. The third-order valence-corrected chi connectivity index (χ3v) is 3.34. The second-order valence-electron chi connectivity index (χ2n) is 4.63. The van der Waals surface area contributed by atoms with Crippen molar-refractivity contribution in [1.82, 2.24) is 5.32 Å². The number of rotatable bonds is 5. The largest absolute Gasteiger partial charge is 0.385 e. The van der Waals surface area contributed by atoms with Crippen LogP contribution in [-0.2, 0) is 4.74 Å². The third-order valence-electron chi connectivity index (χ3n) is 3.34. The van der Waals surface area contributed by atoms with Crippen LogP contribution in [0.2, 0.25) is 0 Å². The van der Waals surface area contributed by atoms with Crippen molar-refractivity contribution in [3.63, 3.8) is 0 Å². The van der Waals surface area contributed by atoms with E-state index in [1.165, 1.54) is 12.1 Å². The van der Waals surface area contributed by atoms with Crippen molar-refractivity contribution in [1.29, 1.82) is 0 Å². The van der Waals surface area contributed by atoms with Gasteiger partial charge in [0.25, 0.3) is 5.91 Å². The lowest BCUT2D eigenvalue weighted by molar-refractivity contribution is -0.00862. The van der Waals surface area contributed by atoms with Crippen molar-refractivity contribution in [2.75, 3.05) is 19.0 Å². The van der Waals surface area contributed by atoms with Crippen molar-refractivity contribution in [3.05, 3.63) is 29.6 Å². The highest BCUT2D eigenvalue weighted by molar-refractivity contribution is 5.99. The second kappa shape index (κ2) is 6.02. The molecule has 1 aliphatic rings.